The SMILES string of the molecule is Cc1cc(C)cc(NS(=O)(=O)c2cc(C(=O)NCCOc3ccc(S(=O)(=O)N4CCCCC4)cc3)ccc2C)c1. The van der Waals surface area contributed by atoms with Crippen molar-refractivity contribution in [2.45, 2.75) is 49.8 Å². The van der Waals surface area contributed by atoms with Gasteiger partial charge in [-0.2, -0.15) is 4.31 Å². The van der Waals surface area contributed by atoms with E-state index in [0.29, 0.717) is 30.1 Å². The lowest BCUT2D eigenvalue weighted by Crippen LogP contribution is -2.35. The Kier molecular flexibility index (Phi) is 9.17. The molecule has 0 aliphatic carbocycles. The number of hydrogen-bond donors (Lipinski definition) is 2. The van der Waals surface area contributed by atoms with Gasteiger partial charge in [0.1, 0.15) is 12.4 Å². The van der Waals surface area contributed by atoms with Crippen molar-refractivity contribution in [3.8, 4) is 5.75 Å². The number of nitrogens with zero attached hydrogens (tertiary/aromatic N) is 1. The number of sulfonamides is 2. The largest absolute Gasteiger partial charge is 0.492 e. The highest BCUT2D eigenvalue weighted by Gasteiger charge is 2.25. The van der Waals surface area contributed by atoms with Crippen molar-refractivity contribution in [1.82, 2.24) is 9.62 Å². The molecule has 1 aliphatic heterocycles. The molecule has 3 aromatic carbocycles. The zero-order chi connectivity index (χ0) is 28.9. The quantitative estimate of drug-likeness (QED) is 0.340. The fourth-order valence-electron chi connectivity index (χ4n) is 4.67. The highest BCUT2D eigenvalue weighted by molar-refractivity contribution is 7.92. The Morgan fingerprint density at radius 1 is 0.850 bits per heavy atom. The summed E-state index contributed by atoms with van der Waals surface area (Å²) in [5, 5.41) is 2.73. The van der Waals surface area contributed by atoms with E-state index >= 15 is 0 Å². The Morgan fingerprint density at radius 3 is 2.15 bits per heavy atom. The second-order valence-corrected chi connectivity index (χ2v) is 13.6. The van der Waals surface area contributed by atoms with Crippen LogP contribution in [0.15, 0.2) is 70.5 Å². The van der Waals surface area contributed by atoms with E-state index < -0.39 is 26.0 Å². The standard InChI is InChI=1S/C29H35N3O6S2/c1-21-17-22(2)19-25(18-21)31-39(34,35)28-20-24(8-7-23(28)3)29(33)30-13-16-38-26-9-11-27(12-10-26)40(36,37)32-14-5-4-6-15-32/h7-12,17-20,31H,4-6,13-16H2,1-3H3,(H,30,33). The summed E-state index contributed by atoms with van der Waals surface area (Å²) in [7, 11) is -7.43. The third-order valence-corrected chi connectivity index (χ3v) is 10.1. The van der Waals surface area contributed by atoms with E-state index in [-0.39, 0.29) is 28.5 Å². The lowest BCUT2D eigenvalue weighted by atomic mass is 10.1. The number of hydrogen-bond acceptors (Lipinski definition) is 6. The maximum atomic E-state index is 13.1. The highest BCUT2D eigenvalue weighted by atomic mass is 32.2. The average Bonchev–Trinajstić information content (AvgIpc) is 2.91. The second-order valence-electron chi connectivity index (χ2n) is 10.0. The molecule has 1 amide bonds. The summed E-state index contributed by atoms with van der Waals surface area (Å²) in [6.45, 7) is 6.85. The summed E-state index contributed by atoms with van der Waals surface area (Å²) in [6.07, 6.45) is 2.79. The molecule has 1 saturated heterocycles. The van der Waals surface area contributed by atoms with Gasteiger partial charge in [0.2, 0.25) is 10.0 Å². The van der Waals surface area contributed by atoms with Crippen molar-refractivity contribution >= 4 is 31.6 Å². The lowest BCUT2D eigenvalue weighted by Gasteiger charge is -2.25. The number of aryl methyl sites for hydroxylation is 3. The summed E-state index contributed by atoms with van der Waals surface area (Å²) in [6, 6.07) is 16.2. The van der Waals surface area contributed by atoms with Gasteiger partial charge >= 0.3 is 0 Å². The van der Waals surface area contributed by atoms with Crippen LogP contribution < -0.4 is 14.8 Å². The smallest absolute Gasteiger partial charge is 0.262 e. The highest BCUT2D eigenvalue weighted by Crippen LogP contribution is 2.24. The molecule has 2 N–H and O–H groups in total. The van der Waals surface area contributed by atoms with Crippen LogP contribution in [0.1, 0.15) is 46.3 Å². The van der Waals surface area contributed by atoms with Gasteiger partial charge in [0, 0.05) is 24.3 Å². The van der Waals surface area contributed by atoms with Crippen molar-refractivity contribution in [2.75, 3.05) is 31.0 Å². The third-order valence-electron chi connectivity index (χ3n) is 6.65. The minimum absolute atomic E-state index is 0.0233. The van der Waals surface area contributed by atoms with E-state index in [4.69, 9.17) is 4.74 Å². The normalized spacial score (nSPS) is 14.5. The molecule has 40 heavy (non-hydrogen) atoms. The first-order valence-electron chi connectivity index (χ1n) is 13.2. The van der Waals surface area contributed by atoms with Gasteiger partial charge in [0.05, 0.1) is 16.3 Å². The molecule has 11 heteroatoms. The molecule has 0 spiro atoms. The van der Waals surface area contributed by atoms with Crippen molar-refractivity contribution in [1.29, 1.82) is 0 Å². The van der Waals surface area contributed by atoms with Crippen LogP contribution in [0.5, 0.6) is 5.75 Å². The molecule has 3 aromatic rings. The van der Waals surface area contributed by atoms with Gasteiger partial charge in [-0.25, -0.2) is 16.8 Å². The molecule has 0 unspecified atom stereocenters. The van der Waals surface area contributed by atoms with Crippen LogP contribution in [0.2, 0.25) is 0 Å². The number of carbonyl (C=O) groups is 1. The number of ether oxygens (including phenoxy) is 1. The van der Waals surface area contributed by atoms with Crippen molar-refractivity contribution in [3.05, 3.63) is 82.9 Å². The first-order chi connectivity index (χ1) is 19.0. The Bertz CT molecular complexity index is 1560. The fourth-order valence-corrected chi connectivity index (χ4v) is 7.50. The molecule has 0 atom stereocenters. The minimum Gasteiger partial charge on any atom is -0.492 e. The van der Waals surface area contributed by atoms with E-state index in [9.17, 15) is 21.6 Å². The molecule has 214 valence electrons. The van der Waals surface area contributed by atoms with Gasteiger partial charge in [0.15, 0.2) is 0 Å². The molecule has 0 aromatic heterocycles. The van der Waals surface area contributed by atoms with Gasteiger partial charge in [-0.1, -0.05) is 18.6 Å². The van der Waals surface area contributed by atoms with Crippen molar-refractivity contribution in [2.24, 2.45) is 0 Å². The van der Waals surface area contributed by atoms with Gasteiger partial charge in [-0.15, -0.1) is 0 Å². The number of benzene rings is 3. The zero-order valence-electron chi connectivity index (χ0n) is 22.9. The van der Waals surface area contributed by atoms with Crippen LogP contribution in [0.25, 0.3) is 0 Å². The van der Waals surface area contributed by atoms with Crippen molar-refractivity contribution < 1.29 is 26.4 Å². The molecule has 1 heterocycles. The van der Waals surface area contributed by atoms with Gasteiger partial charge in [-0.3, -0.25) is 9.52 Å². The van der Waals surface area contributed by atoms with Crippen LogP contribution in [-0.2, 0) is 20.0 Å². The molecule has 4 rings (SSSR count). The molecule has 1 aliphatic rings. The summed E-state index contributed by atoms with van der Waals surface area (Å²) in [4.78, 5) is 13.0. The van der Waals surface area contributed by atoms with E-state index in [1.54, 1.807) is 43.3 Å². The fraction of sp³-hybridized carbons (Fsp3) is 0.345. The van der Waals surface area contributed by atoms with Gasteiger partial charge < -0.3 is 10.1 Å². The second kappa shape index (κ2) is 12.4. The first-order valence-corrected chi connectivity index (χ1v) is 16.1. The molecule has 0 radical (unpaired) electrons. The zero-order valence-corrected chi connectivity index (χ0v) is 24.6. The van der Waals surface area contributed by atoms with Gasteiger partial charge in [0.25, 0.3) is 15.9 Å². The summed E-state index contributed by atoms with van der Waals surface area (Å²) < 4.78 is 61.6. The maximum absolute atomic E-state index is 13.1. The van der Waals surface area contributed by atoms with E-state index in [2.05, 4.69) is 10.0 Å². The maximum Gasteiger partial charge on any atom is 0.262 e. The molecular formula is C29H35N3O6S2. The molecule has 9 nitrogen and oxygen atoms in total. The molecule has 1 fully saturated rings. The topological polar surface area (TPSA) is 122 Å². The van der Waals surface area contributed by atoms with Crippen LogP contribution in [0.4, 0.5) is 5.69 Å². The Labute approximate surface area is 236 Å². The number of amides is 1. The Hall–Kier alpha value is -3.41. The lowest BCUT2D eigenvalue weighted by molar-refractivity contribution is 0.0946. The van der Waals surface area contributed by atoms with E-state index in [1.165, 1.54) is 22.5 Å². The average molecular weight is 586 g/mol. The van der Waals surface area contributed by atoms with Crippen LogP contribution in [0, 0.1) is 20.8 Å². The van der Waals surface area contributed by atoms with Crippen LogP contribution >= 0.6 is 0 Å². The first kappa shape index (κ1) is 29.6. The third kappa shape index (κ3) is 7.21. The predicted molar refractivity (Wildman–Crippen MR) is 155 cm³/mol. The summed E-state index contributed by atoms with van der Waals surface area (Å²) in [5.74, 6) is 0.0439. The number of piperidine rings is 1. The summed E-state index contributed by atoms with van der Waals surface area (Å²) in [5.41, 5.74) is 3.05. The minimum atomic E-state index is -3.92. The van der Waals surface area contributed by atoms with Crippen LogP contribution in [-0.4, -0.2) is 53.3 Å². The molecule has 0 saturated carbocycles. The Morgan fingerprint density at radius 2 is 1.50 bits per heavy atom. The Balaban J connectivity index is 1.33. The number of nitrogens with one attached hydrogen (secondary N) is 2. The number of rotatable bonds is 10. The van der Waals surface area contributed by atoms with Gasteiger partial charge in [-0.05, 0) is 98.8 Å². The number of anilines is 1. The predicted octanol–water partition coefficient (Wildman–Crippen LogP) is 4.40. The monoisotopic (exact) mass is 585 g/mol. The van der Waals surface area contributed by atoms with E-state index in [1.807, 2.05) is 19.9 Å². The summed E-state index contributed by atoms with van der Waals surface area (Å²) >= 11 is 0. The molecular weight excluding hydrogens is 550 g/mol. The molecule has 0 bridgehead atoms. The number of carbonyl (C=O) groups excluding carboxylic acids is 1. The van der Waals surface area contributed by atoms with Crippen molar-refractivity contribution in [3.63, 3.8) is 0 Å². The van der Waals surface area contributed by atoms with Crippen LogP contribution in [0.3, 0.4) is 0 Å². The van der Waals surface area contributed by atoms with E-state index in [0.717, 1.165) is 30.4 Å².